The molecule has 0 radical (unpaired) electrons. The Morgan fingerprint density at radius 1 is 1.07 bits per heavy atom. The van der Waals surface area contributed by atoms with Crippen molar-refractivity contribution < 1.29 is 14.7 Å². The van der Waals surface area contributed by atoms with Crippen LogP contribution in [0.5, 0.6) is 0 Å². The Labute approximate surface area is 156 Å². The normalized spacial score (nSPS) is 11.3. The third kappa shape index (κ3) is 4.46. The number of aromatic nitrogens is 3. The molecule has 0 fully saturated rings. The minimum atomic E-state index is -1.21. The lowest BCUT2D eigenvalue weighted by molar-refractivity contribution is -0.132. The number of benzene rings is 2. The van der Waals surface area contributed by atoms with Crippen molar-refractivity contribution in [2.24, 2.45) is 0 Å². The molecule has 136 valence electrons. The van der Waals surface area contributed by atoms with Crippen molar-refractivity contribution >= 4 is 18.0 Å². The summed E-state index contributed by atoms with van der Waals surface area (Å²) in [5.74, 6) is -1.68. The molecule has 1 amide bonds. The van der Waals surface area contributed by atoms with E-state index in [9.17, 15) is 14.7 Å². The average Bonchev–Trinajstić information content (AvgIpc) is 3.15. The largest absolute Gasteiger partial charge is 0.477 e. The Balaban J connectivity index is 1.82. The molecule has 0 bridgehead atoms. The van der Waals surface area contributed by atoms with Gasteiger partial charge in [-0.2, -0.15) is 0 Å². The molecule has 7 heteroatoms. The van der Waals surface area contributed by atoms with Crippen molar-refractivity contribution in [2.45, 2.75) is 13.8 Å². The van der Waals surface area contributed by atoms with E-state index in [1.54, 1.807) is 53.5 Å². The van der Waals surface area contributed by atoms with Gasteiger partial charge >= 0.3 is 5.97 Å². The van der Waals surface area contributed by atoms with Crippen molar-refractivity contribution in [1.29, 1.82) is 0 Å². The summed E-state index contributed by atoms with van der Waals surface area (Å²) in [6.45, 7) is 3.77. The summed E-state index contributed by atoms with van der Waals surface area (Å²) in [6, 6.07) is 12.4. The van der Waals surface area contributed by atoms with Gasteiger partial charge in [-0.05, 0) is 49.8 Å². The van der Waals surface area contributed by atoms with Crippen LogP contribution >= 0.6 is 0 Å². The molecular weight excluding hydrogens is 344 g/mol. The van der Waals surface area contributed by atoms with Crippen LogP contribution in [-0.4, -0.2) is 32.0 Å². The fourth-order valence-electron chi connectivity index (χ4n) is 2.69. The predicted octanol–water partition coefficient (Wildman–Crippen LogP) is 2.74. The quantitative estimate of drug-likeness (QED) is 0.680. The summed E-state index contributed by atoms with van der Waals surface area (Å²) >= 11 is 0. The maximum absolute atomic E-state index is 12.4. The van der Waals surface area contributed by atoms with Gasteiger partial charge in [-0.3, -0.25) is 4.79 Å². The van der Waals surface area contributed by atoms with Gasteiger partial charge in [0.2, 0.25) is 0 Å². The van der Waals surface area contributed by atoms with Crippen molar-refractivity contribution in [3.63, 3.8) is 0 Å². The summed E-state index contributed by atoms with van der Waals surface area (Å²) in [4.78, 5) is 24.0. The number of nitrogens with one attached hydrogen (secondary N) is 1. The molecule has 0 atom stereocenters. The predicted molar refractivity (Wildman–Crippen MR) is 100 cm³/mol. The topological polar surface area (TPSA) is 97.1 Å². The second-order valence-corrected chi connectivity index (χ2v) is 6.13. The highest BCUT2D eigenvalue weighted by atomic mass is 16.4. The van der Waals surface area contributed by atoms with Crippen molar-refractivity contribution in [1.82, 2.24) is 20.3 Å². The van der Waals surface area contributed by atoms with E-state index < -0.39 is 11.9 Å². The van der Waals surface area contributed by atoms with Gasteiger partial charge in [0, 0.05) is 5.56 Å². The van der Waals surface area contributed by atoms with E-state index >= 15 is 0 Å². The Bertz CT molecular complexity index is 986. The van der Waals surface area contributed by atoms with Gasteiger partial charge in [0.1, 0.15) is 5.70 Å². The van der Waals surface area contributed by atoms with Crippen molar-refractivity contribution in [2.75, 3.05) is 0 Å². The SMILES string of the molecule is Cc1cc(C)cc(C(=O)NC(=Cc2ccc(-n3ccnn3)cc2)C(=O)O)c1. The third-order valence-corrected chi connectivity index (χ3v) is 3.85. The minimum Gasteiger partial charge on any atom is -0.477 e. The lowest BCUT2D eigenvalue weighted by atomic mass is 10.1. The second-order valence-electron chi connectivity index (χ2n) is 6.13. The van der Waals surface area contributed by atoms with Crippen LogP contribution in [0.2, 0.25) is 0 Å². The van der Waals surface area contributed by atoms with Crippen LogP contribution < -0.4 is 5.32 Å². The summed E-state index contributed by atoms with van der Waals surface area (Å²) in [7, 11) is 0. The molecule has 3 rings (SSSR count). The van der Waals surface area contributed by atoms with Gasteiger partial charge < -0.3 is 10.4 Å². The zero-order valence-electron chi connectivity index (χ0n) is 14.9. The number of carbonyl (C=O) groups excluding carboxylic acids is 1. The fourth-order valence-corrected chi connectivity index (χ4v) is 2.69. The number of carbonyl (C=O) groups is 2. The molecule has 0 spiro atoms. The standard InChI is InChI=1S/C20H18N4O3/c1-13-9-14(2)11-16(10-13)19(25)22-18(20(26)27)12-15-3-5-17(6-4-15)24-8-7-21-23-24/h3-12H,1-2H3,(H,22,25)(H,26,27). The van der Waals surface area contributed by atoms with Gasteiger partial charge in [0.15, 0.2) is 0 Å². The number of carboxylic acids is 1. The molecule has 0 aliphatic heterocycles. The highest BCUT2D eigenvalue weighted by Crippen LogP contribution is 2.13. The van der Waals surface area contributed by atoms with E-state index in [2.05, 4.69) is 15.6 Å². The van der Waals surface area contributed by atoms with E-state index in [1.165, 1.54) is 6.08 Å². The number of nitrogens with zero attached hydrogens (tertiary/aromatic N) is 3. The highest BCUT2D eigenvalue weighted by molar-refractivity contribution is 6.02. The molecule has 0 aliphatic rings. The monoisotopic (exact) mass is 362 g/mol. The first-order chi connectivity index (χ1) is 12.9. The van der Waals surface area contributed by atoms with E-state index in [1.807, 2.05) is 19.9 Å². The third-order valence-electron chi connectivity index (χ3n) is 3.85. The number of hydrogen-bond donors (Lipinski definition) is 2. The van der Waals surface area contributed by atoms with E-state index in [0.29, 0.717) is 11.1 Å². The summed E-state index contributed by atoms with van der Waals surface area (Å²) in [5, 5.41) is 19.5. The number of amides is 1. The second kappa shape index (κ2) is 7.65. The van der Waals surface area contributed by atoms with Crippen LogP contribution in [0.15, 0.2) is 60.6 Å². The fraction of sp³-hybridized carbons (Fsp3) is 0.100. The van der Waals surface area contributed by atoms with Crippen LogP contribution in [0.3, 0.4) is 0 Å². The number of rotatable bonds is 5. The molecule has 0 aliphatic carbocycles. The smallest absolute Gasteiger partial charge is 0.352 e. The first-order valence-corrected chi connectivity index (χ1v) is 8.24. The lowest BCUT2D eigenvalue weighted by Crippen LogP contribution is -2.27. The zero-order chi connectivity index (χ0) is 19.4. The molecule has 1 aromatic heterocycles. The van der Waals surface area contributed by atoms with Crippen LogP contribution in [-0.2, 0) is 4.79 Å². The Kier molecular flexibility index (Phi) is 5.12. The first-order valence-electron chi connectivity index (χ1n) is 8.24. The molecule has 0 saturated carbocycles. The molecule has 2 N–H and O–H groups in total. The van der Waals surface area contributed by atoms with Crippen LogP contribution in [0.25, 0.3) is 11.8 Å². The van der Waals surface area contributed by atoms with Gasteiger partial charge in [-0.15, -0.1) is 5.10 Å². The first kappa shape index (κ1) is 18.1. The Morgan fingerprint density at radius 2 is 1.74 bits per heavy atom. The van der Waals surface area contributed by atoms with Gasteiger partial charge in [-0.1, -0.05) is 34.5 Å². The van der Waals surface area contributed by atoms with Gasteiger partial charge in [0.25, 0.3) is 5.91 Å². The lowest BCUT2D eigenvalue weighted by Gasteiger charge is -2.08. The molecular formula is C20H18N4O3. The number of hydrogen-bond acceptors (Lipinski definition) is 4. The Hall–Kier alpha value is -3.74. The maximum Gasteiger partial charge on any atom is 0.352 e. The van der Waals surface area contributed by atoms with Crippen molar-refractivity contribution in [3.05, 3.63) is 82.8 Å². The van der Waals surface area contributed by atoms with E-state index in [-0.39, 0.29) is 5.70 Å². The minimum absolute atomic E-state index is 0.201. The number of aryl methyl sites for hydroxylation is 2. The van der Waals surface area contributed by atoms with Gasteiger partial charge in [-0.25, -0.2) is 9.48 Å². The molecule has 3 aromatic rings. The molecule has 1 heterocycles. The summed E-state index contributed by atoms with van der Waals surface area (Å²) < 4.78 is 1.59. The van der Waals surface area contributed by atoms with Crippen LogP contribution in [0, 0.1) is 13.8 Å². The van der Waals surface area contributed by atoms with Crippen LogP contribution in [0.1, 0.15) is 27.0 Å². The molecule has 0 saturated heterocycles. The summed E-state index contributed by atoms with van der Waals surface area (Å²) in [5.41, 5.74) is 3.51. The van der Waals surface area contributed by atoms with E-state index in [4.69, 9.17) is 0 Å². The van der Waals surface area contributed by atoms with Gasteiger partial charge in [0.05, 0.1) is 18.1 Å². The molecule has 7 nitrogen and oxygen atoms in total. The maximum atomic E-state index is 12.4. The molecule has 0 unspecified atom stereocenters. The number of carboxylic acid groups (broad SMARTS) is 1. The Morgan fingerprint density at radius 3 is 2.30 bits per heavy atom. The number of aliphatic carboxylic acids is 1. The van der Waals surface area contributed by atoms with Crippen LogP contribution in [0.4, 0.5) is 0 Å². The molecule has 27 heavy (non-hydrogen) atoms. The average molecular weight is 362 g/mol. The molecule has 2 aromatic carbocycles. The van der Waals surface area contributed by atoms with Crippen molar-refractivity contribution in [3.8, 4) is 5.69 Å². The summed E-state index contributed by atoms with van der Waals surface area (Å²) in [6.07, 6.45) is 4.68. The highest BCUT2D eigenvalue weighted by Gasteiger charge is 2.14. The zero-order valence-corrected chi connectivity index (χ0v) is 14.9. The van der Waals surface area contributed by atoms with E-state index in [0.717, 1.165) is 16.8 Å².